The second-order valence-corrected chi connectivity index (χ2v) is 10.3. The lowest BCUT2D eigenvalue weighted by atomic mass is 10.0. The number of aromatic nitrogens is 4. The van der Waals surface area contributed by atoms with Gasteiger partial charge in [0, 0.05) is 35.9 Å². The Bertz CT molecular complexity index is 1510. The Balaban J connectivity index is 1.75. The third-order valence-electron chi connectivity index (χ3n) is 5.91. The second-order valence-electron chi connectivity index (χ2n) is 9.54. The van der Waals surface area contributed by atoms with E-state index in [1.807, 2.05) is 58.0 Å². The third-order valence-corrected chi connectivity index (χ3v) is 6.64. The summed E-state index contributed by atoms with van der Waals surface area (Å²) in [6.45, 7) is 11.4. The Morgan fingerprint density at radius 3 is 2.47 bits per heavy atom. The van der Waals surface area contributed by atoms with Crippen LogP contribution < -0.4 is 10.3 Å². The molecule has 0 saturated carbocycles. The van der Waals surface area contributed by atoms with Crippen molar-refractivity contribution in [1.29, 1.82) is 0 Å². The summed E-state index contributed by atoms with van der Waals surface area (Å²) in [4.78, 5) is 26.9. The van der Waals surface area contributed by atoms with Crippen molar-refractivity contribution < 1.29 is 9.84 Å². The maximum absolute atomic E-state index is 13.5. The molecule has 0 aliphatic heterocycles. The largest absolute Gasteiger partial charge is 0.487 e. The number of hydrogen-bond donors (Lipinski definition) is 1. The lowest BCUT2D eigenvalue weighted by Crippen LogP contribution is -2.23. The molecule has 4 heterocycles. The van der Waals surface area contributed by atoms with Crippen LogP contribution in [-0.4, -0.2) is 24.6 Å². The molecule has 7 nitrogen and oxygen atoms in total. The molecule has 0 aliphatic rings. The number of rotatable bonds is 6. The van der Waals surface area contributed by atoms with E-state index in [0.29, 0.717) is 39.6 Å². The number of nitrogens with zero attached hydrogens (tertiary/aromatic N) is 4. The number of aryl methyl sites for hydroxylation is 4. The molecule has 36 heavy (non-hydrogen) atoms. The first-order valence-corrected chi connectivity index (χ1v) is 12.4. The molecule has 1 N–H and O–H groups in total. The van der Waals surface area contributed by atoms with Crippen LogP contribution in [-0.2, 0) is 12.2 Å². The maximum atomic E-state index is 13.5. The van der Waals surface area contributed by atoms with E-state index in [4.69, 9.17) is 4.74 Å². The van der Waals surface area contributed by atoms with Crippen LogP contribution in [0.5, 0.6) is 5.75 Å². The lowest BCUT2D eigenvalue weighted by molar-refractivity contribution is 0.0739. The highest BCUT2D eigenvalue weighted by Gasteiger charge is 2.21. The van der Waals surface area contributed by atoms with E-state index >= 15 is 0 Å². The van der Waals surface area contributed by atoms with Gasteiger partial charge < -0.3 is 9.84 Å². The van der Waals surface area contributed by atoms with Gasteiger partial charge in [0.2, 0.25) is 0 Å². The van der Waals surface area contributed by atoms with Crippen LogP contribution in [0.4, 0.5) is 0 Å². The van der Waals surface area contributed by atoms with E-state index in [0.717, 1.165) is 27.9 Å². The molecule has 4 aromatic rings. The molecule has 186 valence electrons. The van der Waals surface area contributed by atoms with Gasteiger partial charge in [-0.05, 0) is 92.4 Å². The molecular weight excluding hydrogens is 520 g/mol. The lowest BCUT2D eigenvalue weighted by Gasteiger charge is -2.19. The second kappa shape index (κ2) is 9.95. The first-order valence-electron chi connectivity index (χ1n) is 11.6. The Morgan fingerprint density at radius 2 is 1.78 bits per heavy atom. The van der Waals surface area contributed by atoms with Crippen molar-refractivity contribution in [2.24, 2.45) is 0 Å². The minimum atomic E-state index is -1.08. The Kier molecular flexibility index (Phi) is 7.11. The van der Waals surface area contributed by atoms with E-state index < -0.39 is 5.60 Å². The standard InChI is InChI=1S/C28H29BrN4O3/c1-16-9-20(14-30-12-16)15-36-23-10-19(4)33(27(34)25(23)29)22-11-21(31-13-18(22)3)26-17(2)7-8-24(32-26)28(5,6)35/h7-14,35H,15H2,1-6H3. The summed E-state index contributed by atoms with van der Waals surface area (Å²) in [5, 5.41) is 10.4. The van der Waals surface area contributed by atoms with Gasteiger partial charge in [-0.3, -0.25) is 19.3 Å². The van der Waals surface area contributed by atoms with Gasteiger partial charge in [0.25, 0.3) is 5.56 Å². The van der Waals surface area contributed by atoms with Gasteiger partial charge in [-0.2, -0.15) is 0 Å². The number of hydrogen-bond acceptors (Lipinski definition) is 6. The van der Waals surface area contributed by atoms with Gasteiger partial charge in [-0.25, -0.2) is 4.98 Å². The highest BCUT2D eigenvalue weighted by molar-refractivity contribution is 9.10. The predicted octanol–water partition coefficient (Wildman–Crippen LogP) is 5.49. The maximum Gasteiger partial charge on any atom is 0.273 e. The van der Waals surface area contributed by atoms with Gasteiger partial charge in [0.1, 0.15) is 22.4 Å². The zero-order chi connectivity index (χ0) is 26.2. The molecule has 8 heteroatoms. The molecule has 0 aliphatic carbocycles. The smallest absolute Gasteiger partial charge is 0.273 e. The molecule has 0 bridgehead atoms. The normalized spacial score (nSPS) is 11.6. The molecule has 0 fully saturated rings. The van der Waals surface area contributed by atoms with E-state index in [1.165, 1.54) is 0 Å². The Labute approximate surface area is 219 Å². The fraction of sp³-hybridized carbons (Fsp3) is 0.286. The first-order chi connectivity index (χ1) is 17.0. The number of pyridine rings is 4. The summed E-state index contributed by atoms with van der Waals surface area (Å²) in [6.07, 6.45) is 5.27. The predicted molar refractivity (Wildman–Crippen MR) is 144 cm³/mol. The van der Waals surface area contributed by atoms with E-state index in [2.05, 4.69) is 30.9 Å². The molecule has 0 unspecified atom stereocenters. The minimum Gasteiger partial charge on any atom is -0.487 e. The number of ether oxygens (including phenoxy) is 1. The van der Waals surface area contributed by atoms with Crippen molar-refractivity contribution in [3.63, 3.8) is 0 Å². The third kappa shape index (κ3) is 5.24. The summed E-state index contributed by atoms with van der Waals surface area (Å²) in [7, 11) is 0. The summed E-state index contributed by atoms with van der Waals surface area (Å²) in [5.41, 5.74) is 5.66. The molecule has 0 saturated heterocycles. The summed E-state index contributed by atoms with van der Waals surface area (Å²) < 4.78 is 7.95. The first kappa shape index (κ1) is 25.7. The van der Waals surface area contributed by atoms with E-state index in [9.17, 15) is 9.90 Å². The van der Waals surface area contributed by atoms with Crippen LogP contribution in [0.2, 0.25) is 0 Å². The molecule has 4 aromatic heterocycles. The van der Waals surface area contributed by atoms with Crippen LogP contribution in [0.25, 0.3) is 17.1 Å². The van der Waals surface area contributed by atoms with Crippen molar-refractivity contribution in [2.45, 2.75) is 53.8 Å². The van der Waals surface area contributed by atoms with Crippen LogP contribution >= 0.6 is 15.9 Å². The average Bonchev–Trinajstić information content (AvgIpc) is 2.81. The van der Waals surface area contributed by atoms with E-state index in [-0.39, 0.29) is 5.56 Å². The van der Waals surface area contributed by atoms with Gasteiger partial charge in [0.15, 0.2) is 0 Å². The average molecular weight is 549 g/mol. The summed E-state index contributed by atoms with van der Waals surface area (Å²) in [6, 6.07) is 9.43. The Morgan fingerprint density at radius 1 is 1.03 bits per heavy atom. The molecule has 0 radical (unpaired) electrons. The molecule has 0 spiro atoms. The van der Waals surface area contributed by atoms with Crippen molar-refractivity contribution >= 4 is 15.9 Å². The van der Waals surface area contributed by atoms with Crippen molar-refractivity contribution in [1.82, 2.24) is 19.5 Å². The Hall–Kier alpha value is -3.36. The van der Waals surface area contributed by atoms with Gasteiger partial charge in [0.05, 0.1) is 22.8 Å². The highest BCUT2D eigenvalue weighted by atomic mass is 79.9. The monoisotopic (exact) mass is 548 g/mol. The molecule has 0 atom stereocenters. The van der Waals surface area contributed by atoms with Crippen molar-refractivity contribution in [3.8, 4) is 22.8 Å². The minimum absolute atomic E-state index is 0.234. The topological polar surface area (TPSA) is 90.1 Å². The van der Waals surface area contributed by atoms with Crippen LogP contribution in [0.3, 0.4) is 0 Å². The van der Waals surface area contributed by atoms with E-state index in [1.54, 1.807) is 37.0 Å². The zero-order valence-corrected chi connectivity index (χ0v) is 22.8. The van der Waals surface area contributed by atoms with Crippen molar-refractivity contribution in [3.05, 3.63) is 97.4 Å². The number of halogens is 1. The summed E-state index contributed by atoms with van der Waals surface area (Å²) >= 11 is 3.45. The SMILES string of the molecule is Cc1cncc(COc2cc(C)n(-c3cc(-c4nc(C(C)(C)O)ccc4C)ncc3C)c(=O)c2Br)c1. The van der Waals surface area contributed by atoms with Gasteiger partial charge in [-0.15, -0.1) is 0 Å². The number of aliphatic hydroxyl groups is 1. The fourth-order valence-electron chi connectivity index (χ4n) is 3.96. The molecular formula is C28H29BrN4O3. The zero-order valence-electron chi connectivity index (χ0n) is 21.3. The quantitative estimate of drug-likeness (QED) is 0.342. The van der Waals surface area contributed by atoms with Gasteiger partial charge >= 0.3 is 0 Å². The fourth-order valence-corrected chi connectivity index (χ4v) is 4.36. The molecule has 4 rings (SSSR count). The van der Waals surface area contributed by atoms with Crippen LogP contribution in [0.15, 0.2) is 58.2 Å². The van der Waals surface area contributed by atoms with Crippen molar-refractivity contribution in [2.75, 3.05) is 0 Å². The summed E-state index contributed by atoms with van der Waals surface area (Å²) in [5.74, 6) is 0.470. The molecule has 0 aromatic carbocycles. The highest BCUT2D eigenvalue weighted by Crippen LogP contribution is 2.29. The van der Waals surface area contributed by atoms with Gasteiger partial charge in [-0.1, -0.05) is 6.07 Å². The van der Waals surface area contributed by atoms with Crippen LogP contribution in [0.1, 0.15) is 47.5 Å². The van der Waals surface area contributed by atoms with Crippen LogP contribution in [0, 0.1) is 27.7 Å². The molecule has 0 amide bonds.